The molecule has 1 aromatic rings. The summed E-state index contributed by atoms with van der Waals surface area (Å²) in [6.07, 6.45) is 2.25. The van der Waals surface area contributed by atoms with Gasteiger partial charge in [-0.2, -0.15) is 0 Å². The quantitative estimate of drug-likeness (QED) is 0.736. The van der Waals surface area contributed by atoms with Gasteiger partial charge in [0.05, 0.1) is 12.7 Å². The zero-order valence-corrected chi connectivity index (χ0v) is 10.2. The molecule has 1 saturated carbocycles. The lowest BCUT2D eigenvalue weighted by Gasteiger charge is -2.13. The largest absolute Gasteiger partial charge is 0.465 e. The molecule has 17 heavy (non-hydrogen) atoms. The summed E-state index contributed by atoms with van der Waals surface area (Å²) in [5.41, 5.74) is 2.81. The number of benzene rings is 1. The van der Waals surface area contributed by atoms with E-state index >= 15 is 0 Å². The van der Waals surface area contributed by atoms with Gasteiger partial charge in [0.2, 0.25) is 0 Å². The van der Waals surface area contributed by atoms with E-state index in [1.807, 2.05) is 19.1 Å². The van der Waals surface area contributed by atoms with Gasteiger partial charge in [-0.15, -0.1) is 0 Å². The van der Waals surface area contributed by atoms with Crippen molar-refractivity contribution in [1.82, 2.24) is 0 Å². The van der Waals surface area contributed by atoms with Crippen molar-refractivity contribution in [3.05, 3.63) is 34.9 Å². The maximum Gasteiger partial charge on any atom is 0.337 e. The van der Waals surface area contributed by atoms with Crippen molar-refractivity contribution in [2.45, 2.75) is 32.1 Å². The molecule has 1 fully saturated rings. The van der Waals surface area contributed by atoms with E-state index in [4.69, 9.17) is 0 Å². The highest BCUT2D eigenvalue weighted by Gasteiger charge is 2.24. The fourth-order valence-corrected chi connectivity index (χ4v) is 2.46. The van der Waals surface area contributed by atoms with Gasteiger partial charge in [0.15, 0.2) is 0 Å². The highest BCUT2D eigenvalue weighted by Crippen LogP contribution is 2.34. The zero-order chi connectivity index (χ0) is 12.4. The van der Waals surface area contributed by atoms with E-state index in [1.165, 1.54) is 12.7 Å². The molecule has 0 heterocycles. The third-order valence-corrected chi connectivity index (χ3v) is 3.38. The van der Waals surface area contributed by atoms with Crippen molar-refractivity contribution >= 4 is 11.8 Å². The van der Waals surface area contributed by atoms with Crippen molar-refractivity contribution in [3.63, 3.8) is 0 Å². The molecule has 1 unspecified atom stereocenters. The molecule has 0 radical (unpaired) electrons. The third kappa shape index (κ3) is 2.38. The van der Waals surface area contributed by atoms with Crippen molar-refractivity contribution < 1.29 is 14.3 Å². The van der Waals surface area contributed by atoms with Crippen molar-refractivity contribution in [1.29, 1.82) is 0 Å². The van der Waals surface area contributed by atoms with Crippen LogP contribution in [0.15, 0.2) is 18.2 Å². The summed E-state index contributed by atoms with van der Waals surface area (Å²) >= 11 is 0. The summed E-state index contributed by atoms with van der Waals surface area (Å²) in [6, 6.07) is 5.56. The van der Waals surface area contributed by atoms with E-state index in [9.17, 15) is 9.59 Å². The maximum absolute atomic E-state index is 11.4. The monoisotopic (exact) mass is 232 g/mol. The number of aryl methyl sites for hydroxylation is 1. The van der Waals surface area contributed by atoms with Crippen LogP contribution in [-0.2, 0) is 9.53 Å². The Morgan fingerprint density at radius 2 is 2.18 bits per heavy atom. The SMILES string of the molecule is COC(=O)c1ccc(C2CCC(=O)C2)c(C)c1. The molecule has 3 nitrogen and oxygen atoms in total. The van der Waals surface area contributed by atoms with E-state index in [0.29, 0.717) is 30.1 Å². The zero-order valence-electron chi connectivity index (χ0n) is 10.2. The van der Waals surface area contributed by atoms with Crippen LogP contribution >= 0.6 is 0 Å². The molecule has 0 aliphatic heterocycles. The normalized spacial score (nSPS) is 19.4. The molecule has 0 N–H and O–H groups in total. The van der Waals surface area contributed by atoms with Gasteiger partial charge < -0.3 is 4.74 Å². The number of Topliss-reactive ketones (excluding diaryl/α,β-unsaturated/α-hetero) is 1. The number of carbonyl (C=O) groups is 2. The second-order valence-corrected chi connectivity index (χ2v) is 4.54. The van der Waals surface area contributed by atoms with Crippen LogP contribution in [0.5, 0.6) is 0 Å². The van der Waals surface area contributed by atoms with Crippen LogP contribution in [0.2, 0.25) is 0 Å². The lowest BCUT2D eigenvalue weighted by Crippen LogP contribution is -2.04. The minimum atomic E-state index is -0.317. The summed E-state index contributed by atoms with van der Waals surface area (Å²) < 4.78 is 4.68. The third-order valence-electron chi connectivity index (χ3n) is 3.38. The van der Waals surface area contributed by atoms with Crippen LogP contribution in [0, 0.1) is 6.92 Å². The van der Waals surface area contributed by atoms with E-state index in [2.05, 4.69) is 4.74 Å². The van der Waals surface area contributed by atoms with E-state index in [0.717, 1.165) is 12.0 Å². The van der Waals surface area contributed by atoms with Gasteiger partial charge in [-0.3, -0.25) is 4.79 Å². The molecule has 0 spiro atoms. The summed E-state index contributed by atoms with van der Waals surface area (Å²) in [5, 5.41) is 0. The second-order valence-electron chi connectivity index (χ2n) is 4.54. The van der Waals surface area contributed by atoms with Gasteiger partial charge >= 0.3 is 5.97 Å². The van der Waals surface area contributed by atoms with Crippen LogP contribution in [0.1, 0.15) is 46.7 Å². The van der Waals surface area contributed by atoms with Gasteiger partial charge in [-0.05, 0) is 42.5 Å². The molecule has 3 heteroatoms. The summed E-state index contributed by atoms with van der Waals surface area (Å²) in [7, 11) is 1.38. The number of methoxy groups -OCH3 is 1. The Morgan fingerprint density at radius 1 is 1.41 bits per heavy atom. The molecule has 1 aromatic carbocycles. The van der Waals surface area contributed by atoms with E-state index < -0.39 is 0 Å². The molecule has 2 rings (SSSR count). The number of carbonyl (C=O) groups excluding carboxylic acids is 2. The summed E-state index contributed by atoms with van der Waals surface area (Å²) in [5.74, 6) is 0.350. The number of hydrogen-bond acceptors (Lipinski definition) is 3. The van der Waals surface area contributed by atoms with Gasteiger partial charge in [0.25, 0.3) is 0 Å². The Kier molecular flexibility index (Phi) is 3.27. The van der Waals surface area contributed by atoms with Crippen molar-refractivity contribution in [2.24, 2.45) is 0 Å². The molecular weight excluding hydrogens is 216 g/mol. The average Bonchev–Trinajstić information content (AvgIpc) is 2.74. The van der Waals surface area contributed by atoms with Crippen molar-refractivity contribution in [2.75, 3.05) is 7.11 Å². The van der Waals surface area contributed by atoms with Gasteiger partial charge in [-0.1, -0.05) is 6.07 Å². The van der Waals surface area contributed by atoms with Crippen LogP contribution < -0.4 is 0 Å². The molecular formula is C14H16O3. The minimum Gasteiger partial charge on any atom is -0.465 e. The van der Waals surface area contributed by atoms with Gasteiger partial charge in [-0.25, -0.2) is 4.79 Å². The minimum absolute atomic E-state index is 0.317. The molecule has 1 atom stereocenters. The molecule has 0 aromatic heterocycles. The fourth-order valence-electron chi connectivity index (χ4n) is 2.46. The first-order chi connectivity index (χ1) is 8.11. The Bertz CT molecular complexity index is 463. The number of esters is 1. The Hall–Kier alpha value is -1.64. The summed E-state index contributed by atoms with van der Waals surface area (Å²) in [6.45, 7) is 1.98. The predicted octanol–water partition coefficient (Wildman–Crippen LogP) is 2.62. The molecule has 0 saturated heterocycles. The predicted molar refractivity (Wildman–Crippen MR) is 64.1 cm³/mol. The Balaban J connectivity index is 2.25. The van der Waals surface area contributed by atoms with Gasteiger partial charge in [0, 0.05) is 12.8 Å². The van der Waals surface area contributed by atoms with E-state index in [-0.39, 0.29) is 5.97 Å². The molecule has 90 valence electrons. The highest BCUT2D eigenvalue weighted by molar-refractivity contribution is 5.89. The molecule has 1 aliphatic rings. The number of hydrogen-bond donors (Lipinski definition) is 0. The highest BCUT2D eigenvalue weighted by atomic mass is 16.5. The molecule has 0 bridgehead atoms. The number of rotatable bonds is 2. The molecule has 1 aliphatic carbocycles. The number of ketones is 1. The van der Waals surface area contributed by atoms with Crippen LogP contribution in [0.4, 0.5) is 0 Å². The lowest BCUT2D eigenvalue weighted by molar-refractivity contribution is -0.117. The Labute approximate surface area is 101 Å². The van der Waals surface area contributed by atoms with E-state index in [1.54, 1.807) is 6.07 Å². The fraction of sp³-hybridized carbons (Fsp3) is 0.429. The average molecular weight is 232 g/mol. The second kappa shape index (κ2) is 4.70. The molecule has 0 amide bonds. The lowest BCUT2D eigenvalue weighted by atomic mass is 9.92. The Morgan fingerprint density at radius 3 is 2.71 bits per heavy atom. The topological polar surface area (TPSA) is 43.4 Å². The van der Waals surface area contributed by atoms with Crippen LogP contribution in [0.25, 0.3) is 0 Å². The number of ether oxygens (including phenoxy) is 1. The first-order valence-corrected chi connectivity index (χ1v) is 5.82. The smallest absolute Gasteiger partial charge is 0.337 e. The maximum atomic E-state index is 11.4. The van der Waals surface area contributed by atoms with Crippen LogP contribution in [0.3, 0.4) is 0 Å². The summed E-state index contributed by atoms with van der Waals surface area (Å²) in [4.78, 5) is 22.7. The van der Waals surface area contributed by atoms with Crippen molar-refractivity contribution in [3.8, 4) is 0 Å². The standard InChI is InChI=1S/C14H16O3/c1-9-7-11(14(16)17-2)4-6-13(9)10-3-5-12(15)8-10/h4,6-7,10H,3,5,8H2,1-2H3. The van der Waals surface area contributed by atoms with Gasteiger partial charge in [0.1, 0.15) is 5.78 Å². The first-order valence-electron chi connectivity index (χ1n) is 5.82. The first kappa shape index (κ1) is 11.8. The van der Waals surface area contributed by atoms with Crippen LogP contribution in [-0.4, -0.2) is 18.9 Å².